The highest BCUT2D eigenvalue weighted by molar-refractivity contribution is 7.17. The van der Waals surface area contributed by atoms with Crippen LogP contribution in [0.25, 0.3) is 10.8 Å². The molecule has 7 heteroatoms. The Labute approximate surface area is 143 Å². The van der Waals surface area contributed by atoms with Gasteiger partial charge in [0.2, 0.25) is 0 Å². The van der Waals surface area contributed by atoms with Crippen LogP contribution in [0.2, 0.25) is 0 Å². The quantitative estimate of drug-likeness (QED) is 0.744. The van der Waals surface area contributed by atoms with E-state index in [-0.39, 0.29) is 12.5 Å². The van der Waals surface area contributed by atoms with Gasteiger partial charge < -0.3 is 10.4 Å². The maximum Gasteiger partial charge on any atom is 0.263 e. The lowest BCUT2D eigenvalue weighted by Crippen LogP contribution is -2.23. The average Bonchev–Trinajstić information content (AvgIpc) is 3.02. The van der Waals surface area contributed by atoms with Gasteiger partial charge >= 0.3 is 0 Å². The number of benzene rings is 1. The van der Waals surface area contributed by atoms with Crippen LogP contribution in [0.15, 0.2) is 42.7 Å². The summed E-state index contributed by atoms with van der Waals surface area (Å²) in [5.41, 5.74) is 2.34. The molecule has 0 saturated carbocycles. The number of aromatic nitrogens is 3. The van der Waals surface area contributed by atoms with Crippen molar-refractivity contribution in [3.8, 4) is 10.8 Å². The molecule has 24 heavy (non-hydrogen) atoms. The summed E-state index contributed by atoms with van der Waals surface area (Å²) >= 11 is 1.27. The summed E-state index contributed by atoms with van der Waals surface area (Å²) in [6.45, 7) is 2.09. The summed E-state index contributed by atoms with van der Waals surface area (Å²) in [7, 11) is 0. The zero-order valence-electron chi connectivity index (χ0n) is 13.1. The standard InChI is InChI=1S/C17H16N4O2S/c1-11-14(24-17(21-11)15-18-7-4-8-19-15)16(23)20-9-12-5-2-3-6-13(12)10-22/h2-8,22H,9-10H2,1H3,(H,20,23). The average molecular weight is 340 g/mol. The van der Waals surface area contributed by atoms with Crippen LogP contribution in [-0.2, 0) is 13.2 Å². The molecule has 0 bridgehead atoms. The molecule has 0 aliphatic heterocycles. The van der Waals surface area contributed by atoms with E-state index < -0.39 is 0 Å². The Morgan fingerprint density at radius 3 is 2.58 bits per heavy atom. The lowest BCUT2D eigenvalue weighted by Gasteiger charge is -2.08. The van der Waals surface area contributed by atoms with E-state index in [9.17, 15) is 9.90 Å². The molecule has 6 nitrogen and oxygen atoms in total. The third-order valence-electron chi connectivity index (χ3n) is 3.49. The van der Waals surface area contributed by atoms with Crippen molar-refractivity contribution in [3.63, 3.8) is 0 Å². The Kier molecular flexibility index (Phi) is 4.93. The number of aliphatic hydroxyl groups is 1. The van der Waals surface area contributed by atoms with Crippen molar-refractivity contribution in [2.75, 3.05) is 0 Å². The SMILES string of the molecule is Cc1nc(-c2ncccn2)sc1C(=O)NCc1ccccc1CO. The molecule has 0 unspecified atom stereocenters. The molecule has 0 fully saturated rings. The van der Waals surface area contributed by atoms with E-state index in [1.165, 1.54) is 11.3 Å². The van der Waals surface area contributed by atoms with Crippen molar-refractivity contribution in [1.82, 2.24) is 20.3 Å². The molecule has 2 heterocycles. The summed E-state index contributed by atoms with van der Waals surface area (Å²) in [5, 5.41) is 12.8. The van der Waals surface area contributed by atoms with Crippen molar-refractivity contribution in [2.24, 2.45) is 0 Å². The smallest absolute Gasteiger partial charge is 0.263 e. The molecule has 1 amide bonds. The van der Waals surface area contributed by atoms with Gasteiger partial charge in [-0.2, -0.15) is 0 Å². The third-order valence-corrected chi connectivity index (χ3v) is 4.64. The van der Waals surface area contributed by atoms with Gasteiger partial charge in [-0.15, -0.1) is 11.3 Å². The number of carbonyl (C=O) groups excluding carboxylic acids is 1. The topological polar surface area (TPSA) is 88.0 Å². The minimum absolute atomic E-state index is 0.0544. The fraction of sp³-hybridized carbons (Fsp3) is 0.176. The van der Waals surface area contributed by atoms with Gasteiger partial charge in [0.15, 0.2) is 10.8 Å². The second-order valence-corrected chi connectivity index (χ2v) is 6.11. The first-order valence-electron chi connectivity index (χ1n) is 7.39. The van der Waals surface area contributed by atoms with Crippen molar-refractivity contribution in [1.29, 1.82) is 0 Å². The number of nitrogens with one attached hydrogen (secondary N) is 1. The molecular weight excluding hydrogens is 324 g/mol. The summed E-state index contributed by atoms with van der Waals surface area (Å²) in [6, 6.07) is 9.19. The number of aryl methyl sites for hydroxylation is 1. The molecule has 122 valence electrons. The highest BCUT2D eigenvalue weighted by Gasteiger charge is 2.17. The van der Waals surface area contributed by atoms with Crippen LogP contribution >= 0.6 is 11.3 Å². The molecule has 2 aromatic heterocycles. The summed E-state index contributed by atoms with van der Waals surface area (Å²) < 4.78 is 0. The molecule has 1 aromatic carbocycles. The number of thiazole rings is 1. The molecule has 0 saturated heterocycles. The fourth-order valence-electron chi connectivity index (χ4n) is 2.25. The van der Waals surface area contributed by atoms with Gasteiger partial charge in [-0.3, -0.25) is 4.79 Å². The molecular formula is C17H16N4O2S. The summed E-state index contributed by atoms with van der Waals surface area (Å²) in [5.74, 6) is 0.315. The van der Waals surface area contributed by atoms with Crippen molar-refractivity contribution in [3.05, 3.63) is 64.4 Å². The van der Waals surface area contributed by atoms with Gasteiger partial charge in [-0.1, -0.05) is 24.3 Å². The van der Waals surface area contributed by atoms with Crippen LogP contribution in [-0.4, -0.2) is 26.0 Å². The van der Waals surface area contributed by atoms with E-state index in [1.807, 2.05) is 24.3 Å². The van der Waals surface area contributed by atoms with E-state index in [2.05, 4.69) is 20.3 Å². The number of amides is 1. The Morgan fingerprint density at radius 1 is 1.17 bits per heavy atom. The van der Waals surface area contributed by atoms with Crippen molar-refractivity contribution < 1.29 is 9.90 Å². The van der Waals surface area contributed by atoms with Gasteiger partial charge in [-0.05, 0) is 24.1 Å². The number of hydrogen-bond acceptors (Lipinski definition) is 6. The minimum Gasteiger partial charge on any atom is -0.392 e. The zero-order chi connectivity index (χ0) is 16.9. The summed E-state index contributed by atoms with van der Waals surface area (Å²) in [6.07, 6.45) is 3.29. The molecule has 0 aliphatic carbocycles. The fourth-order valence-corrected chi connectivity index (χ4v) is 3.18. The van der Waals surface area contributed by atoms with Gasteiger partial charge in [0, 0.05) is 18.9 Å². The van der Waals surface area contributed by atoms with Crippen LogP contribution in [0, 0.1) is 6.92 Å². The maximum atomic E-state index is 12.4. The predicted octanol–water partition coefficient (Wildman–Crippen LogP) is 2.33. The van der Waals surface area contributed by atoms with Crippen LogP contribution in [0.1, 0.15) is 26.5 Å². The zero-order valence-corrected chi connectivity index (χ0v) is 13.9. The molecule has 2 N–H and O–H groups in total. The van der Waals surface area contributed by atoms with Crippen LogP contribution < -0.4 is 5.32 Å². The molecule has 0 radical (unpaired) electrons. The predicted molar refractivity (Wildman–Crippen MR) is 91.4 cm³/mol. The van der Waals surface area contributed by atoms with E-state index in [4.69, 9.17) is 0 Å². The van der Waals surface area contributed by atoms with E-state index >= 15 is 0 Å². The minimum atomic E-state index is -0.195. The lowest BCUT2D eigenvalue weighted by molar-refractivity contribution is 0.0954. The van der Waals surface area contributed by atoms with Crippen molar-refractivity contribution in [2.45, 2.75) is 20.1 Å². The number of nitrogens with zero attached hydrogens (tertiary/aromatic N) is 3. The van der Waals surface area contributed by atoms with Gasteiger partial charge in [-0.25, -0.2) is 15.0 Å². The van der Waals surface area contributed by atoms with Gasteiger partial charge in [0.05, 0.1) is 12.3 Å². The van der Waals surface area contributed by atoms with Gasteiger partial charge in [0.1, 0.15) is 4.88 Å². The van der Waals surface area contributed by atoms with Crippen LogP contribution in [0.3, 0.4) is 0 Å². The number of carbonyl (C=O) groups is 1. The Hall–Kier alpha value is -2.64. The van der Waals surface area contributed by atoms with E-state index in [0.29, 0.717) is 27.9 Å². The van der Waals surface area contributed by atoms with Crippen LogP contribution in [0.4, 0.5) is 0 Å². The molecule has 0 atom stereocenters. The first-order chi connectivity index (χ1) is 11.7. The Bertz CT molecular complexity index is 849. The first kappa shape index (κ1) is 16.2. The Morgan fingerprint density at radius 2 is 1.88 bits per heavy atom. The second kappa shape index (κ2) is 7.29. The second-order valence-electron chi connectivity index (χ2n) is 5.12. The van der Waals surface area contributed by atoms with Crippen LogP contribution in [0.5, 0.6) is 0 Å². The molecule has 3 rings (SSSR count). The number of hydrogen-bond donors (Lipinski definition) is 2. The lowest BCUT2D eigenvalue weighted by atomic mass is 10.1. The Balaban J connectivity index is 1.75. The van der Waals surface area contributed by atoms with Crippen molar-refractivity contribution >= 4 is 17.2 Å². The largest absolute Gasteiger partial charge is 0.392 e. The first-order valence-corrected chi connectivity index (χ1v) is 8.21. The number of rotatable bonds is 5. The molecule has 0 spiro atoms. The monoisotopic (exact) mass is 340 g/mol. The molecule has 3 aromatic rings. The highest BCUT2D eigenvalue weighted by atomic mass is 32.1. The molecule has 0 aliphatic rings. The maximum absolute atomic E-state index is 12.4. The van der Waals surface area contributed by atoms with E-state index in [1.54, 1.807) is 25.4 Å². The highest BCUT2D eigenvalue weighted by Crippen LogP contribution is 2.25. The number of aliphatic hydroxyl groups excluding tert-OH is 1. The van der Waals surface area contributed by atoms with Gasteiger partial charge in [0.25, 0.3) is 5.91 Å². The van der Waals surface area contributed by atoms with E-state index in [0.717, 1.165) is 11.1 Å². The third kappa shape index (κ3) is 3.47. The summed E-state index contributed by atoms with van der Waals surface area (Å²) in [4.78, 5) is 25.7. The normalized spacial score (nSPS) is 10.6.